The third-order valence-electron chi connectivity index (χ3n) is 2.88. The van der Waals surface area contributed by atoms with Gasteiger partial charge in [0, 0.05) is 24.8 Å². The molecule has 1 unspecified atom stereocenters. The van der Waals surface area contributed by atoms with Crippen molar-refractivity contribution in [1.82, 2.24) is 9.88 Å². The molecule has 0 amide bonds. The van der Waals surface area contributed by atoms with E-state index < -0.39 is 0 Å². The van der Waals surface area contributed by atoms with Crippen LogP contribution in [-0.4, -0.2) is 22.3 Å². The molecule has 1 atom stereocenters. The molecule has 0 bridgehead atoms. The van der Waals surface area contributed by atoms with Gasteiger partial charge in [-0.25, -0.2) is 0 Å². The van der Waals surface area contributed by atoms with E-state index in [9.17, 15) is 5.11 Å². The summed E-state index contributed by atoms with van der Waals surface area (Å²) in [6, 6.07) is 8.58. The van der Waals surface area contributed by atoms with Crippen molar-refractivity contribution in [3.63, 3.8) is 0 Å². The highest BCUT2D eigenvalue weighted by molar-refractivity contribution is 5.80. The minimum absolute atomic E-state index is 0.317. The molecule has 0 radical (unpaired) electrons. The molecule has 2 rings (SSSR count). The predicted octanol–water partition coefficient (Wildman–Crippen LogP) is 2.13. The Labute approximate surface area is 102 Å². The Bertz CT molecular complexity index is 488. The number of hydrogen-bond acceptors (Lipinski definition) is 2. The third-order valence-corrected chi connectivity index (χ3v) is 2.88. The van der Waals surface area contributed by atoms with Gasteiger partial charge in [-0.1, -0.05) is 19.1 Å². The number of rotatable bonds is 5. The zero-order chi connectivity index (χ0) is 12.3. The molecule has 0 fully saturated rings. The van der Waals surface area contributed by atoms with E-state index in [2.05, 4.69) is 41.1 Å². The molecule has 1 aromatic carbocycles. The Morgan fingerprint density at radius 1 is 1.35 bits per heavy atom. The van der Waals surface area contributed by atoms with Gasteiger partial charge in [0.2, 0.25) is 0 Å². The van der Waals surface area contributed by atoms with Gasteiger partial charge in [-0.05, 0) is 36.6 Å². The van der Waals surface area contributed by atoms with Crippen LogP contribution in [0.2, 0.25) is 0 Å². The second kappa shape index (κ2) is 5.34. The molecule has 0 spiro atoms. The summed E-state index contributed by atoms with van der Waals surface area (Å²) in [7, 11) is 0. The average molecular weight is 232 g/mol. The van der Waals surface area contributed by atoms with Gasteiger partial charge in [-0.2, -0.15) is 0 Å². The lowest BCUT2D eigenvalue weighted by atomic mass is 10.1. The maximum absolute atomic E-state index is 9.46. The van der Waals surface area contributed by atoms with Crippen molar-refractivity contribution in [2.45, 2.75) is 33.0 Å². The van der Waals surface area contributed by atoms with Crippen LogP contribution in [0.5, 0.6) is 0 Å². The van der Waals surface area contributed by atoms with Crippen LogP contribution in [0, 0.1) is 0 Å². The Morgan fingerprint density at radius 3 is 2.88 bits per heavy atom. The standard InChI is InChI=1S/C14H20N2O/c1-3-15-9-12-4-5-13-6-7-16(10-11(2)17)14(13)8-12/h4-8,11,15,17H,3,9-10H2,1-2H3. The van der Waals surface area contributed by atoms with Crippen molar-refractivity contribution in [1.29, 1.82) is 0 Å². The summed E-state index contributed by atoms with van der Waals surface area (Å²) >= 11 is 0. The van der Waals surface area contributed by atoms with Crippen molar-refractivity contribution in [3.05, 3.63) is 36.0 Å². The van der Waals surface area contributed by atoms with Crippen molar-refractivity contribution in [2.75, 3.05) is 6.54 Å². The molecule has 1 aromatic heterocycles. The molecule has 3 heteroatoms. The van der Waals surface area contributed by atoms with E-state index in [1.807, 2.05) is 13.1 Å². The third kappa shape index (κ3) is 2.87. The minimum Gasteiger partial charge on any atom is -0.392 e. The lowest BCUT2D eigenvalue weighted by molar-refractivity contribution is 0.175. The van der Waals surface area contributed by atoms with Gasteiger partial charge in [-0.15, -0.1) is 0 Å². The largest absolute Gasteiger partial charge is 0.392 e. The summed E-state index contributed by atoms with van der Waals surface area (Å²) in [6.07, 6.45) is 1.72. The van der Waals surface area contributed by atoms with Crippen LogP contribution in [0.15, 0.2) is 30.5 Å². The van der Waals surface area contributed by atoms with E-state index >= 15 is 0 Å². The number of aromatic nitrogens is 1. The number of nitrogens with one attached hydrogen (secondary N) is 1. The Morgan fingerprint density at radius 2 is 2.18 bits per heavy atom. The molecular weight excluding hydrogens is 212 g/mol. The van der Waals surface area contributed by atoms with Gasteiger partial charge in [0.05, 0.1) is 6.10 Å². The maximum Gasteiger partial charge on any atom is 0.0691 e. The van der Waals surface area contributed by atoms with Gasteiger partial charge in [0.15, 0.2) is 0 Å². The summed E-state index contributed by atoms with van der Waals surface area (Å²) < 4.78 is 2.11. The zero-order valence-corrected chi connectivity index (χ0v) is 10.5. The first kappa shape index (κ1) is 12.1. The first-order chi connectivity index (χ1) is 8.20. The summed E-state index contributed by atoms with van der Waals surface area (Å²) in [5.74, 6) is 0. The zero-order valence-electron chi connectivity index (χ0n) is 10.5. The van der Waals surface area contributed by atoms with E-state index in [1.165, 1.54) is 16.5 Å². The summed E-state index contributed by atoms with van der Waals surface area (Å²) in [5, 5.41) is 14.0. The van der Waals surface area contributed by atoms with Gasteiger partial charge in [-0.3, -0.25) is 0 Å². The highest BCUT2D eigenvalue weighted by Crippen LogP contribution is 2.18. The van der Waals surface area contributed by atoms with E-state index in [-0.39, 0.29) is 6.10 Å². The highest BCUT2D eigenvalue weighted by Gasteiger charge is 2.04. The van der Waals surface area contributed by atoms with Crippen LogP contribution in [0.25, 0.3) is 10.9 Å². The highest BCUT2D eigenvalue weighted by atomic mass is 16.3. The van der Waals surface area contributed by atoms with Crippen LogP contribution < -0.4 is 5.32 Å². The lowest BCUT2D eigenvalue weighted by Gasteiger charge is -2.09. The first-order valence-electron chi connectivity index (χ1n) is 6.17. The van der Waals surface area contributed by atoms with Crippen molar-refractivity contribution in [3.8, 4) is 0 Å². The summed E-state index contributed by atoms with van der Waals surface area (Å²) in [6.45, 7) is 6.44. The first-order valence-corrected chi connectivity index (χ1v) is 6.17. The molecule has 2 aromatic rings. The summed E-state index contributed by atoms with van der Waals surface area (Å²) in [5.41, 5.74) is 2.48. The van der Waals surface area contributed by atoms with Crippen LogP contribution in [0.1, 0.15) is 19.4 Å². The number of aliphatic hydroxyl groups excluding tert-OH is 1. The molecule has 3 nitrogen and oxygen atoms in total. The van der Waals surface area contributed by atoms with Crippen molar-refractivity contribution in [2.24, 2.45) is 0 Å². The van der Waals surface area contributed by atoms with E-state index in [1.54, 1.807) is 0 Å². The fourth-order valence-corrected chi connectivity index (χ4v) is 2.05. The molecule has 17 heavy (non-hydrogen) atoms. The molecule has 0 aliphatic carbocycles. The number of nitrogens with zero attached hydrogens (tertiary/aromatic N) is 1. The van der Waals surface area contributed by atoms with Crippen LogP contribution in [-0.2, 0) is 13.1 Å². The minimum atomic E-state index is -0.317. The molecule has 0 aliphatic rings. The summed E-state index contributed by atoms with van der Waals surface area (Å²) in [4.78, 5) is 0. The quantitative estimate of drug-likeness (QED) is 0.828. The van der Waals surface area contributed by atoms with Crippen LogP contribution in [0.3, 0.4) is 0 Å². The Kier molecular flexibility index (Phi) is 3.82. The molecule has 0 saturated carbocycles. The van der Waals surface area contributed by atoms with E-state index in [0.29, 0.717) is 6.54 Å². The Balaban J connectivity index is 2.29. The van der Waals surface area contributed by atoms with Crippen LogP contribution >= 0.6 is 0 Å². The van der Waals surface area contributed by atoms with Crippen molar-refractivity contribution < 1.29 is 5.11 Å². The lowest BCUT2D eigenvalue weighted by Crippen LogP contribution is -2.12. The fourth-order valence-electron chi connectivity index (χ4n) is 2.05. The Hall–Kier alpha value is -1.32. The molecule has 1 heterocycles. The smallest absolute Gasteiger partial charge is 0.0691 e. The second-order valence-electron chi connectivity index (χ2n) is 4.49. The maximum atomic E-state index is 9.46. The second-order valence-corrected chi connectivity index (χ2v) is 4.49. The van der Waals surface area contributed by atoms with Crippen LogP contribution in [0.4, 0.5) is 0 Å². The monoisotopic (exact) mass is 232 g/mol. The van der Waals surface area contributed by atoms with Crippen molar-refractivity contribution >= 4 is 10.9 Å². The molecule has 2 N–H and O–H groups in total. The molecule has 0 saturated heterocycles. The molecular formula is C14H20N2O. The van der Waals surface area contributed by atoms with Gasteiger partial charge < -0.3 is 15.0 Å². The molecule has 92 valence electrons. The topological polar surface area (TPSA) is 37.2 Å². The normalized spacial score (nSPS) is 13.1. The molecule has 0 aliphatic heterocycles. The van der Waals surface area contributed by atoms with E-state index in [4.69, 9.17) is 0 Å². The number of benzene rings is 1. The number of fused-ring (bicyclic) bond motifs is 1. The number of hydrogen-bond donors (Lipinski definition) is 2. The van der Waals surface area contributed by atoms with Gasteiger partial charge in [0.25, 0.3) is 0 Å². The van der Waals surface area contributed by atoms with Gasteiger partial charge >= 0.3 is 0 Å². The fraction of sp³-hybridized carbons (Fsp3) is 0.429. The van der Waals surface area contributed by atoms with Gasteiger partial charge in [0.1, 0.15) is 0 Å². The SMILES string of the molecule is CCNCc1ccc2ccn(CC(C)O)c2c1. The van der Waals surface area contributed by atoms with E-state index in [0.717, 1.165) is 13.1 Å². The average Bonchev–Trinajstić information content (AvgIpc) is 2.69. The predicted molar refractivity (Wildman–Crippen MR) is 71.0 cm³/mol. The number of aliphatic hydroxyl groups is 1.